The third-order valence-electron chi connectivity index (χ3n) is 2.88. The molecule has 0 saturated heterocycles. The van der Waals surface area contributed by atoms with E-state index in [1.165, 1.54) is 10.9 Å². The van der Waals surface area contributed by atoms with E-state index in [0.29, 0.717) is 37.7 Å². The van der Waals surface area contributed by atoms with Crippen LogP contribution in [0.15, 0.2) is 6.20 Å². The van der Waals surface area contributed by atoms with Gasteiger partial charge in [0.1, 0.15) is 5.69 Å². The van der Waals surface area contributed by atoms with Crippen molar-refractivity contribution in [1.82, 2.24) is 15.1 Å². The van der Waals surface area contributed by atoms with E-state index in [0.717, 1.165) is 6.42 Å². The summed E-state index contributed by atoms with van der Waals surface area (Å²) in [5.74, 6) is 0.470. The highest BCUT2D eigenvalue weighted by Crippen LogP contribution is 2.23. The number of alkyl halides is 2. The zero-order chi connectivity index (χ0) is 14.3. The Morgan fingerprint density at radius 3 is 2.74 bits per heavy atom. The number of methoxy groups -OCH3 is 1. The van der Waals surface area contributed by atoms with Crippen molar-refractivity contribution in [1.29, 1.82) is 0 Å². The first-order valence-electron chi connectivity index (χ1n) is 6.58. The Morgan fingerprint density at radius 1 is 1.42 bits per heavy atom. The summed E-state index contributed by atoms with van der Waals surface area (Å²) in [4.78, 5) is 0. The molecule has 110 valence electrons. The van der Waals surface area contributed by atoms with Crippen LogP contribution in [0.2, 0.25) is 0 Å². The summed E-state index contributed by atoms with van der Waals surface area (Å²) >= 11 is 0. The number of hydrogen-bond donors (Lipinski definition) is 1. The monoisotopic (exact) mass is 275 g/mol. The van der Waals surface area contributed by atoms with Crippen molar-refractivity contribution in [3.05, 3.63) is 17.5 Å². The van der Waals surface area contributed by atoms with Crippen LogP contribution in [-0.2, 0) is 17.8 Å². The lowest BCUT2D eigenvalue weighted by Crippen LogP contribution is -2.19. The second-order valence-electron chi connectivity index (χ2n) is 4.93. The summed E-state index contributed by atoms with van der Waals surface area (Å²) in [6.07, 6.45) is -0.117. The van der Waals surface area contributed by atoms with Gasteiger partial charge in [-0.05, 0) is 12.3 Å². The zero-order valence-corrected chi connectivity index (χ0v) is 11.8. The van der Waals surface area contributed by atoms with E-state index >= 15 is 0 Å². The topological polar surface area (TPSA) is 39.1 Å². The summed E-state index contributed by atoms with van der Waals surface area (Å²) in [6, 6.07) is 0. The maximum absolute atomic E-state index is 13.1. The van der Waals surface area contributed by atoms with Crippen LogP contribution in [0.3, 0.4) is 0 Å². The van der Waals surface area contributed by atoms with Gasteiger partial charge in [-0.3, -0.25) is 4.68 Å². The van der Waals surface area contributed by atoms with Gasteiger partial charge in [0.2, 0.25) is 0 Å². The highest BCUT2D eigenvalue weighted by molar-refractivity contribution is 5.19. The van der Waals surface area contributed by atoms with Gasteiger partial charge in [0, 0.05) is 32.3 Å². The predicted molar refractivity (Wildman–Crippen MR) is 70.2 cm³/mol. The summed E-state index contributed by atoms with van der Waals surface area (Å²) in [6.45, 7) is 6.26. The molecule has 0 spiro atoms. The van der Waals surface area contributed by atoms with Gasteiger partial charge in [-0.2, -0.15) is 5.10 Å². The number of rotatable bonds is 9. The minimum Gasteiger partial charge on any atom is -0.383 e. The molecule has 1 aromatic rings. The summed E-state index contributed by atoms with van der Waals surface area (Å²) in [5.41, 5.74) is 0.598. The number of aromatic nitrogens is 2. The van der Waals surface area contributed by atoms with Crippen LogP contribution in [0.5, 0.6) is 0 Å². The van der Waals surface area contributed by atoms with Crippen molar-refractivity contribution < 1.29 is 13.5 Å². The number of ether oxygens (including phenoxy) is 1. The van der Waals surface area contributed by atoms with Crippen molar-refractivity contribution in [3.63, 3.8) is 0 Å². The summed E-state index contributed by atoms with van der Waals surface area (Å²) in [7, 11) is 1.61. The fourth-order valence-electron chi connectivity index (χ4n) is 1.78. The number of halogens is 2. The molecule has 0 radical (unpaired) electrons. The van der Waals surface area contributed by atoms with E-state index in [1.54, 1.807) is 7.11 Å². The van der Waals surface area contributed by atoms with E-state index in [1.807, 2.05) is 0 Å². The standard InChI is InChI=1S/C13H23F2N3O/c1-10(2)4-6-18-12(13(14)15)11(9-17-18)8-16-5-7-19-3/h9-10,13,16H,4-8H2,1-3H3. The molecule has 1 heterocycles. The van der Waals surface area contributed by atoms with Gasteiger partial charge in [0.15, 0.2) is 0 Å². The lowest BCUT2D eigenvalue weighted by Gasteiger charge is -2.10. The number of hydrogen-bond acceptors (Lipinski definition) is 3. The maximum Gasteiger partial charge on any atom is 0.280 e. The molecule has 0 amide bonds. The average Bonchev–Trinajstić information content (AvgIpc) is 2.75. The van der Waals surface area contributed by atoms with Crippen molar-refractivity contribution >= 4 is 0 Å². The minimum absolute atomic E-state index is 0.0329. The molecule has 19 heavy (non-hydrogen) atoms. The molecule has 0 saturated carbocycles. The molecule has 1 aromatic heterocycles. The van der Waals surface area contributed by atoms with E-state index in [4.69, 9.17) is 4.74 Å². The SMILES string of the molecule is COCCNCc1cnn(CCC(C)C)c1C(F)F. The van der Waals surface area contributed by atoms with Crippen molar-refractivity contribution in [2.75, 3.05) is 20.3 Å². The molecule has 0 unspecified atom stereocenters. The van der Waals surface area contributed by atoms with Crippen LogP contribution >= 0.6 is 0 Å². The third kappa shape index (κ3) is 5.24. The van der Waals surface area contributed by atoms with E-state index in [2.05, 4.69) is 24.3 Å². The Labute approximate surface area is 113 Å². The summed E-state index contributed by atoms with van der Waals surface area (Å²) in [5, 5.41) is 7.14. The van der Waals surface area contributed by atoms with E-state index in [-0.39, 0.29) is 5.69 Å². The van der Waals surface area contributed by atoms with Crippen molar-refractivity contribution in [2.45, 2.75) is 39.8 Å². The molecule has 4 nitrogen and oxygen atoms in total. The molecule has 0 fully saturated rings. The molecule has 0 atom stereocenters. The van der Waals surface area contributed by atoms with Gasteiger partial charge in [0.05, 0.1) is 12.8 Å². The highest BCUT2D eigenvalue weighted by atomic mass is 19.3. The quantitative estimate of drug-likeness (QED) is 0.704. The smallest absolute Gasteiger partial charge is 0.280 e. The largest absolute Gasteiger partial charge is 0.383 e. The number of aryl methyl sites for hydroxylation is 1. The van der Waals surface area contributed by atoms with Gasteiger partial charge in [0.25, 0.3) is 6.43 Å². The second-order valence-corrected chi connectivity index (χ2v) is 4.93. The Kier molecular flexibility index (Phi) is 6.94. The molecule has 0 aliphatic carbocycles. The molecule has 1 rings (SSSR count). The van der Waals surface area contributed by atoms with Crippen molar-refractivity contribution in [2.24, 2.45) is 5.92 Å². The molecular formula is C13H23F2N3O. The lowest BCUT2D eigenvalue weighted by molar-refractivity contribution is 0.137. The molecule has 6 heteroatoms. The first-order valence-corrected chi connectivity index (χ1v) is 6.58. The van der Waals surface area contributed by atoms with Gasteiger partial charge < -0.3 is 10.1 Å². The lowest BCUT2D eigenvalue weighted by atomic mass is 10.1. The Bertz CT molecular complexity index is 367. The molecule has 1 N–H and O–H groups in total. The van der Waals surface area contributed by atoms with Crippen LogP contribution in [-0.4, -0.2) is 30.0 Å². The Balaban J connectivity index is 2.65. The van der Waals surface area contributed by atoms with Crippen LogP contribution in [0, 0.1) is 5.92 Å². The normalized spacial score (nSPS) is 11.7. The third-order valence-corrected chi connectivity index (χ3v) is 2.88. The van der Waals surface area contributed by atoms with E-state index in [9.17, 15) is 8.78 Å². The average molecular weight is 275 g/mol. The summed E-state index contributed by atoms with van der Waals surface area (Å²) < 4.78 is 32.5. The Hall–Kier alpha value is -1.01. The van der Waals surface area contributed by atoms with Crippen LogP contribution < -0.4 is 5.32 Å². The van der Waals surface area contributed by atoms with Crippen LogP contribution in [0.4, 0.5) is 8.78 Å². The fourth-order valence-corrected chi connectivity index (χ4v) is 1.78. The fraction of sp³-hybridized carbons (Fsp3) is 0.769. The predicted octanol–water partition coefficient (Wildman–Crippen LogP) is 2.60. The molecular weight excluding hydrogens is 252 g/mol. The molecule has 0 aliphatic rings. The zero-order valence-electron chi connectivity index (χ0n) is 11.8. The minimum atomic E-state index is -2.49. The molecule has 0 aliphatic heterocycles. The van der Waals surface area contributed by atoms with Gasteiger partial charge in [-0.15, -0.1) is 0 Å². The first-order chi connectivity index (χ1) is 9.06. The second kappa shape index (κ2) is 8.22. The molecule has 0 aromatic carbocycles. The van der Waals surface area contributed by atoms with Gasteiger partial charge in [-0.1, -0.05) is 13.8 Å². The molecule has 0 bridgehead atoms. The van der Waals surface area contributed by atoms with Gasteiger partial charge >= 0.3 is 0 Å². The van der Waals surface area contributed by atoms with Gasteiger partial charge in [-0.25, -0.2) is 8.78 Å². The number of nitrogens with zero attached hydrogens (tertiary/aromatic N) is 2. The van der Waals surface area contributed by atoms with Crippen LogP contribution in [0.25, 0.3) is 0 Å². The first kappa shape index (κ1) is 16.0. The van der Waals surface area contributed by atoms with E-state index < -0.39 is 6.43 Å². The Morgan fingerprint density at radius 2 is 2.16 bits per heavy atom. The number of nitrogens with one attached hydrogen (secondary N) is 1. The highest BCUT2D eigenvalue weighted by Gasteiger charge is 2.19. The maximum atomic E-state index is 13.1. The van der Waals surface area contributed by atoms with Crippen LogP contribution in [0.1, 0.15) is 38.0 Å². The van der Waals surface area contributed by atoms with Crippen molar-refractivity contribution in [3.8, 4) is 0 Å².